The third kappa shape index (κ3) is 3.08. The molecule has 2 heteroatoms. The molecule has 0 spiro atoms. The number of para-hydroxylation sites is 1. The molecule has 0 saturated heterocycles. The smallest absolute Gasteiger partial charge is 0.0602 e. The molecule has 0 radical (unpaired) electrons. The molecule has 1 aromatic heterocycles. The molecule has 18 heavy (non-hydrogen) atoms. The molecule has 0 fully saturated rings. The van der Waals surface area contributed by atoms with E-state index in [4.69, 9.17) is 0 Å². The molecular formula is C16H23NS. The number of hydrogen-bond donors (Lipinski definition) is 1. The van der Waals surface area contributed by atoms with Crippen LogP contribution in [0.2, 0.25) is 0 Å². The second-order valence-electron chi connectivity index (χ2n) is 3.04. The zero-order chi connectivity index (χ0) is 14.1. The summed E-state index contributed by atoms with van der Waals surface area (Å²) in [5, 5.41) is 1.16. The van der Waals surface area contributed by atoms with Gasteiger partial charge in [-0.05, 0) is 12.1 Å². The Bertz CT molecular complexity index is 509. The van der Waals surface area contributed by atoms with E-state index in [1.54, 1.807) is 6.08 Å². The lowest BCUT2D eigenvalue weighted by Crippen LogP contribution is -1.82. The van der Waals surface area contributed by atoms with Crippen molar-refractivity contribution in [3.63, 3.8) is 0 Å². The number of nitrogens with zero attached hydrogens (tertiary/aromatic N) is 1. The minimum absolute atomic E-state index is 0.990. The largest absolute Gasteiger partial charge is 0.286 e. The van der Waals surface area contributed by atoms with E-state index in [0.29, 0.717) is 0 Å². The van der Waals surface area contributed by atoms with Crippen LogP contribution in [0.4, 0.5) is 0 Å². The Kier molecular flexibility index (Phi) is 7.97. The zero-order valence-electron chi connectivity index (χ0n) is 11.8. The van der Waals surface area contributed by atoms with Gasteiger partial charge in [0.1, 0.15) is 0 Å². The first-order valence-corrected chi connectivity index (χ1v) is 6.77. The minimum atomic E-state index is 0.990. The van der Waals surface area contributed by atoms with Gasteiger partial charge in [-0.25, -0.2) is 0 Å². The third-order valence-electron chi connectivity index (χ3n) is 2.32. The fourth-order valence-corrected chi connectivity index (χ4v) is 2.04. The zero-order valence-corrected chi connectivity index (χ0v) is 12.7. The standard InChI is InChI=1S/C12H11NS.2C2H6/c1-3-9-10-7-5-6-8-12(10)13(14)11(9)4-2;2*1-2/h3-8,14H,1-2H2;2*1-2H3. The summed E-state index contributed by atoms with van der Waals surface area (Å²) < 4.78 is 1.83. The second-order valence-corrected chi connectivity index (χ2v) is 3.44. The van der Waals surface area contributed by atoms with Gasteiger partial charge >= 0.3 is 0 Å². The maximum absolute atomic E-state index is 4.42. The van der Waals surface area contributed by atoms with Crippen molar-refractivity contribution in [1.82, 2.24) is 3.97 Å². The summed E-state index contributed by atoms with van der Waals surface area (Å²) in [4.78, 5) is 0. The van der Waals surface area contributed by atoms with Crippen LogP contribution < -0.4 is 0 Å². The first-order chi connectivity index (χ1) is 8.79. The van der Waals surface area contributed by atoms with Crippen molar-refractivity contribution in [2.75, 3.05) is 0 Å². The topological polar surface area (TPSA) is 4.93 Å². The van der Waals surface area contributed by atoms with E-state index in [2.05, 4.69) is 32.0 Å². The van der Waals surface area contributed by atoms with E-state index in [1.165, 1.54) is 0 Å². The molecule has 1 nitrogen and oxygen atoms in total. The van der Waals surface area contributed by atoms with Gasteiger partial charge in [0.15, 0.2) is 0 Å². The molecule has 0 unspecified atom stereocenters. The summed E-state index contributed by atoms with van der Waals surface area (Å²) in [6, 6.07) is 8.10. The number of aromatic nitrogens is 1. The molecule has 1 aromatic carbocycles. The van der Waals surface area contributed by atoms with Crippen molar-refractivity contribution >= 4 is 35.9 Å². The second kappa shape index (κ2) is 8.65. The molecule has 98 valence electrons. The number of hydrogen-bond acceptors (Lipinski definition) is 1. The minimum Gasteiger partial charge on any atom is -0.286 e. The van der Waals surface area contributed by atoms with E-state index >= 15 is 0 Å². The lowest BCUT2D eigenvalue weighted by Gasteiger charge is -1.96. The lowest BCUT2D eigenvalue weighted by atomic mass is 10.1. The Morgan fingerprint density at radius 2 is 1.56 bits per heavy atom. The molecule has 0 aliphatic carbocycles. The van der Waals surface area contributed by atoms with Crippen LogP contribution in [0.5, 0.6) is 0 Å². The highest BCUT2D eigenvalue weighted by Gasteiger charge is 2.09. The number of thiol groups is 1. The summed E-state index contributed by atoms with van der Waals surface area (Å²) in [7, 11) is 0. The highest BCUT2D eigenvalue weighted by Crippen LogP contribution is 2.28. The van der Waals surface area contributed by atoms with Gasteiger partial charge in [0, 0.05) is 10.9 Å². The Morgan fingerprint density at radius 3 is 2.06 bits per heavy atom. The summed E-state index contributed by atoms with van der Waals surface area (Å²) in [6.45, 7) is 15.6. The van der Waals surface area contributed by atoms with Crippen molar-refractivity contribution < 1.29 is 0 Å². The molecule has 1 heterocycles. The first kappa shape index (κ1) is 16.6. The van der Waals surface area contributed by atoms with E-state index in [0.717, 1.165) is 22.2 Å². The van der Waals surface area contributed by atoms with Gasteiger partial charge < -0.3 is 0 Å². The molecule has 0 bridgehead atoms. The average Bonchev–Trinajstić information content (AvgIpc) is 2.75. The van der Waals surface area contributed by atoms with E-state index < -0.39 is 0 Å². The van der Waals surface area contributed by atoms with E-state index in [1.807, 2.05) is 55.9 Å². The van der Waals surface area contributed by atoms with Crippen LogP contribution >= 0.6 is 12.8 Å². The highest BCUT2D eigenvalue weighted by atomic mass is 32.1. The number of rotatable bonds is 2. The van der Waals surface area contributed by atoms with Gasteiger partial charge in [-0.2, -0.15) is 0 Å². The summed E-state index contributed by atoms with van der Waals surface area (Å²) in [5.74, 6) is 0. The Balaban J connectivity index is 0.000000659. The van der Waals surface area contributed by atoms with Crippen molar-refractivity contribution in [2.24, 2.45) is 0 Å². The number of fused-ring (bicyclic) bond motifs is 1. The molecule has 0 atom stereocenters. The lowest BCUT2D eigenvalue weighted by molar-refractivity contribution is 1.33. The van der Waals surface area contributed by atoms with Gasteiger partial charge in [0.2, 0.25) is 0 Å². The van der Waals surface area contributed by atoms with Crippen molar-refractivity contribution in [3.05, 3.63) is 48.7 Å². The van der Waals surface area contributed by atoms with Crippen molar-refractivity contribution in [3.8, 4) is 0 Å². The molecule has 0 aliphatic heterocycles. The van der Waals surface area contributed by atoms with Gasteiger partial charge in [-0.3, -0.25) is 3.97 Å². The highest BCUT2D eigenvalue weighted by molar-refractivity contribution is 7.78. The van der Waals surface area contributed by atoms with Crippen molar-refractivity contribution in [1.29, 1.82) is 0 Å². The van der Waals surface area contributed by atoms with Crippen LogP contribution in [0.3, 0.4) is 0 Å². The van der Waals surface area contributed by atoms with Crippen LogP contribution in [-0.4, -0.2) is 3.97 Å². The van der Waals surface area contributed by atoms with E-state index in [9.17, 15) is 0 Å². The fraction of sp³-hybridized carbons (Fsp3) is 0.250. The monoisotopic (exact) mass is 261 g/mol. The molecule has 0 N–H and O–H groups in total. The summed E-state index contributed by atoms with van der Waals surface area (Å²) >= 11 is 4.42. The van der Waals surface area contributed by atoms with Gasteiger partial charge in [0.25, 0.3) is 0 Å². The predicted molar refractivity (Wildman–Crippen MR) is 89.2 cm³/mol. The number of benzene rings is 1. The van der Waals surface area contributed by atoms with Gasteiger partial charge in [-0.15, -0.1) is 0 Å². The van der Waals surface area contributed by atoms with Crippen LogP contribution in [0.25, 0.3) is 23.1 Å². The molecule has 0 amide bonds. The fourth-order valence-electron chi connectivity index (χ4n) is 1.68. The summed E-state index contributed by atoms with van der Waals surface area (Å²) in [5.41, 5.74) is 3.16. The Morgan fingerprint density at radius 1 is 1.00 bits per heavy atom. The van der Waals surface area contributed by atoms with E-state index in [-0.39, 0.29) is 0 Å². The molecule has 2 rings (SSSR count). The molecular weight excluding hydrogens is 238 g/mol. The molecule has 2 aromatic rings. The Labute approximate surface area is 116 Å². The third-order valence-corrected chi connectivity index (χ3v) is 2.75. The normalized spacial score (nSPS) is 8.72. The SMILES string of the molecule is C=Cc1c(C=C)n(S)c2ccccc12.CC.CC. The maximum atomic E-state index is 4.42. The molecule has 0 saturated carbocycles. The van der Waals surface area contributed by atoms with Crippen LogP contribution in [0, 0.1) is 0 Å². The Hall–Kier alpha value is -1.41. The van der Waals surface area contributed by atoms with Crippen LogP contribution in [-0.2, 0) is 0 Å². The maximum Gasteiger partial charge on any atom is 0.0602 e. The van der Waals surface area contributed by atoms with Crippen LogP contribution in [0.15, 0.2) is 37.4 Å². The van der Waals surface area contributed by atoms with Gasteiger partial charge in [-0.1, -0.05) is 77.9 Å². The first-order valence-electron chi connectivity index (χ1n) is 6.37. The quantitative estimate of drug-likeness (QED) is 0.664. The predicted octanol–water partition coefficient (Wildman–Crippen LogP) is 5.67. The molecule has 0 aliphatic rings. The van der Waals surface area contributed by atoms with Crippen LogP contribution in [0.1, 0.15) is 39.0 Å². The van der Waals surface area contributed by atoms with Gasteiger partial charge in [0.05, 0.1) is 11.2 Å². The van der Waals surface area contributed by atoms with Crippen molar-refractivity contribution in [2.45, 2.75) is 27.7 Å². The average molecular weight is 261 g/mol. The summed E-state index contributed by atoms with van der Waals surface area (Å²) in [6.07, 6.45) is 3.64.